The number of fused-ring (bicyclic) bond motifs is 1. The first-order valence-electron chi connectivity index (χ1n) is 9.98. The molecule has 0 bridgehead atoms. The summed E-state index contributed by atoms with van der Waals surface area (Å²) in [6, 6.07) is 9.20. The second kappa shape index (κ2) is 8.79. The highest BCUT2D eigenvalue weighted by molar-refractivity contribution is 5.84. The van der Waals surface area contributed by atoms with Gasteiger partial charge < -0.3 is 38.7 Å². The molecule has 5 atom stereocenters. The fourth-order valence-electron chi connectivity index (χ4n) is 3.70. The Kier molecular flexibility index (Phi) is 6.07. The number of hydrogen-bond donors (Lipinski definition) is 3. The molecule has 0 saturated carbocycles. The van der Waals surface area contributed by atoms with Gasteiger partial charge in [0.15, 0.2) is 11.5 Å². The molecule has 1 fully saturated rings. The van der Waals surface area contributed by atoms with E-state index in [-0.39, 0.29) is 33.6 Å². The lowest BCUT2D eigenvalue weighted by molar-refractivity contribution is -0.274. The second-order valence-electron chi connectivity index (χ2n) is 7.53. The molecule has 170 valence electrons. The molecule has 1 aromatic heterocycles. The molecule has 1 aliphatic rings. The van der Waals surface area contributed by atoms with E-state index >= 15 is 0 Å². The zero-order chi connectivity index (χ0) is 23.0. The summed E-state index contributed by atoms with van der Waals surface area (Å²) in [5.41, 5.74) is 0.899. The lowest BCUT2D eigenvalue weighted by atomic mass is 10.00. The zero-order valence-corrected chi connectivity index (χ0v) is 17.7. The molecule has 32 heavy (non-hydrogen) atoms. The fraction of sp³-hybridized carbons (Fsp3) is 0.348. The molecule has 0 aliphatic carbocycles. The van der Waals surface area contributed by atoms with Crippen LogP contribution < -0.4 is 14.9 Å². The highest BCUT2D eigenvalue weighted by Gasteiger charge is 2.44. The van der Waals surface area contributed by atoms with Crippen LogP contribution in [0.4, 0.5) is 0 Å². The lowest BCUT2D eigenvalue weighted by Crippen LogP contribution is -2.59. The van der Waals surface area contributed by atoms with Gasteiger partial charge in [-0.15, -0.1) is 0 Å². The van der Waals surface area contributed by atoms with E-state index in [0.717, 1.165) is 0 Å². The van der Waals surface area contributed by atoms with Gasteiger partial charge in [-0.05, 0) is 30.7 Å². The van der Waals surface area contributed by atoms with Crippen molar-refractivity contribution in [2.24, 2.45) is 0 Å². The van der Waals surface area contributed by atoms with Crippen LogP contribution in [0.3, 0.4) is 0 Å². The van der Waals surface area contributed by atoms with Crippen molar-refractivity contribution in [1.82, 2.24) is 0 Å². The highest BCUT2D eigenvalue weighted by atomic mass is 16.7. The Morgan fingerprint density at radius 2 is 1.72 bits per heavy atom. The number of methoxy groups -OCH3 is 2. The maximum absolute atomic E-state index is 13.1. The van der Waals surface area contributed by atoms with E-state index in [2.05, 4.69) is 0 Å². The van der Waals surface area contributed by atoms with Gasteiger partial charge in [0.1, 0.15) is 35.9 Å². The topological polar surface area (TPSA) is 128 Å². The van der Waals surface area contributed by atoms with E-state index in [0.29, 0.717) is 11.1 Å². The van der Waals surface area contributed by atoms with Gasteiger partial charge in [-0.25, -0.2) is 0 Å². The van der Waals surface area contributed by atoms with Crippen molar-refractivity contribution in [1.29, 1.82) is 0 Å². The summed E-state index contributed by atoms with van der Waals surface area (Å²) >= 11 is 0. The Bertz CT molecular complexity index is 1150. The first-order valence-corrected chi connectivity index (χ1v) is 9.98. The number of benzene rings is 2. The molecule has 2 aromatic carbocycles. The quantitative estimate of drug-likeness (QED) is 0.541. The van der Waals surface area contributed by atoms with Crippen molar-refractivity contribution in [3.63, 3.8) is 0 Å². The fourth-order valence-corrected chi connectivity index (χ4v) is 3.70. The van der Waals surface area contributed by atoms with Crippen LogP contribution in [0.1, 0.15) is 6.92 Å². The number of aromatic hydroxyl groups is 1. The van der Waals surface area contributed by atoms with Crippen LogP contribution in [0.15, 0.2) is 51.9 Å². The van der Waals surface area contributed by atoms with E-state index in [9.17, 15) is 20.1 Å². The summed E-state index contributed by atoms with van der Waals surface area (Å²) in [6.45, 7) is 1.61. The summed E-state index contributed by atoms with van der Waals surface area (Å²) in [7, 11) is 2.80. The van der Waals surface area contributed by atoms with Crippen molar-refractivity contribution < 1.29 is 38.7 Å². The third-order valence-electron chi connectivity index (χ3n) is 5.54. The van der Waals surface area contributed by atoms with Gasteiger partial charge in [-0.1, -0.05) is 12.1 Å². The van der Waals surface area contributed by atoms with E-state index in [4.69, 9.17) is 23.4 Å². The van der Waals surface area contributed by atoms with Crippen molar-refractivity contribution in [3.8, 4) is 28.4 Å². The molecule has 0 amide bonds. The average molecular weight is 444 g/mol. The molecule has 3 aromatic rings. The number of phenols is 1. The van der Waals surface area contributed by atoms with Crippen molar-refractivity contribution in [2.45, 2.75) is 37.6 Å². The molecule has 0 spiro atoms. The zero-order valence-electron chi connectivity index (χ0n) is 17.7. The minimum atomic E-state index is -1.22. The number of rotatable bonds is 5. The van der Waals surface area contributed by atoms with E-state index in [1.165, 1.54) is 44.7 Å². The molecule has 1 saturated heterocycles. The third-order valence-corrected chi connectivity index (χ3v) is 5.54. The van der Waals surface area contributed by atoms with Crippen LogP contribution in [0.2, 0.25) is 0 Å². The van der Waals surface area contributed by atoms with Crippen LogP contribution in [0, 0.1) is 0 Å². The number of ether oxygens (including phenoxy) is 4. The van der Waals surface area contributed by atoms with Crippen molar-refractivity contribution in [2.75, 3.05) is 14.2 Å². The molecule has 3 N–H and O–H groups in total. The van der Waals surface area contributed by atoms with Gasteiger partial charge in [0.05, 0.1) is 24.2 Å². The van der Waals surface area contributed by atoms with Crippen LogP contribution in [-0.4, -0.2) is 60.2 Å². The van der Waals surface area contributed by atoms with E-state index in [1.807, 2.05) is 0 Å². The van der Waals surface area contributed by atoms with Crippen LogP contribution in [-0.2, 0) is 9.47 Å². The summed E-state index contributed by atoms with van der Waals surface area (Å²) in [5.74, 6) is 0.552. The summed E-state index contributed by atoms with van der Waals surface area (Å²) in [5, 5.41) is 30.1. The Labute approximate surface area is 183 Å². The van der Waals surface area contributed by atoms with Gasteiger partial charge in [0.2, 0.25) is 11.7 Å². The molecular weight excluding hydrogens is 420 g/mol. The van der Waals surface area contributed by atoms with Gasteiger partial charge >= 0.3 is 0 Å². The average Bonchev–Trinajstić information content (AvgIpc) is 2.78. The minimum absolute atomic E-state index is 0.0913. The Balaban J connectivity index is 1.72. The first kappa shape index (κ1) is 22.1. The van der Waals surface area contributed by atoms with E-state index in [1.54, 1.807) is 19.1 Å². The normalized spacial score (nSPS) is 25.6. The van der Waals surface area contributed by atoms with Crippen molar-refractivity contribution in [3.05, 3.63) is 52.9 Å². The Morgan fingerprint density at radius 1 is 1.00 bits per heavy atom. The molecule has 0 radical (unpaired) electrons. The van der Waals surface area contributed by atoms with Gasteiger partial charge in [0, 0.05) is 13.2 Å². The maximum atomic E-state index is 13.1. The number of hydrogen-bond acceptors (Lipinski definition) is 9. The lowest BCUT2D eigenvalue weighted by Gasteiger charge is -2.40. The number of aliphatic hydroxyl groups excluding tert-OH is 2. The maximum Gasteiger partial charge on any atom is 0.229 e. The van der Waals surface area contributed by atoms with Crippen LogP contribution in [0.5, 0.6) is 17.2 Å². The molecule has 4 rings (SSSR count). The van der Waals surface area contributed by atoms with Crippen LogP contribution >= 0.6 is 0 Å². The Morgan fingerprint density at radius 3 is 2.38 bits per heavy atom. The summed E-state index contributed by atoms with van der Waals surface area (Å²) < 4.78 is 28.0. The van der Waals surface area contributed by atoms with E-state index < -0.39 is 30.7 Å². The van der Waals surface area contributed by atoms with Crippen LogP contribution in [0.25, 0.3) is 22.1 Å². The number of aliphatic hydroxyl groups is 2. The smallest absolute Gasteiger partial charge is 0.229 e. The second-order valence-corrected chi connectivity index (χ2v) is 7.53. The highest BCUT2D eigenvalue weighted by Crippen LogP contribution is 2.35. The molecular formula is C23H24O9. The standard InChI is InChI=1S/C23H24O9/c1-11-19(25)21(27)22(29-3)23(31-11)32-18-9-16-14(8-17(18)28-2)20(26)15(10-30-16)12-4-6-13(24)7-5-12/h4-11,19,21-25,27H,1-3H3. The molecule has 2 heterocycles. The monoisotopic (exact) mass is 444 g/mol. The predicted octanol–water partition coefficient (Wildman–Crippen LogP) is 2.03. The number of phenolic OH excluding ortho intramolecular Hbond substituents is 1. The van der Waals surface area contributed by atoms with Gasteiger partial charge in [-0.3, -0.25) is 4.79 Å². The SMILES string of the molecule is COc1cc2c(=O)c(-c3ccc(O)cc3)coc2cc1OC1OC(C)C(O)C(O)C1OC. The summed E-state index contributed by atoms with van der Waals surface area (Å²) in [4.78, 5) is 13.1. The van der Waals surface area contributed by atoms with Gasteiger partial charge in [-0.2, -0.15) is 0 Å². The van der Waals surface area contributed by atoms with Crippen molar-refractivity contribution >= 4 is 11.0 Å². The first-order chi connectivity index (χ1) is 15.3. The molecule has 9 nitrogen and oxygen atoms in total. The largest absolute Gasteiger partial charge is 0.508 e. The molecule has 9 heteroatoms. The predicted molar refractivity (Wildman–Crippen MR) is 114 cm³/mol. The summed E-state index contributed by atoms with van der Waals surface area (Å²) in [6.07, 6.45) is -3.70. The third kappa shape index (κ3) is 3.91. The minimum Gasteiger partial charge on any atom is -0.508 e. The molecule has 1 aliphatic heterocycles. The Hall–Kier alpha value is -3.11. The molecule has 5 unspecified atom stereocenters. The van der Waals surface area contributed by atoms with Gasteiger partial charge in [0.25, 0.3) is 0 Å².